The van der Waals surface area contributed by atoms with Crippen molar-refractivity contribution in [3.05, 3.63) is 63.4 Å². The van der Waals surface area contributed by atoms with Crippen LogP contribution in [0.5, 0.6) is 0 Å². The Morgan fingerprint density at radius 1 is 1.15 bits per heavy atom. The highest BCUT2D eigenvalue weighted by Gasteiger charge is 2.23. The summed E-state index contributed by atoms with van der Waals surface area (Å²) in [5.41, 5.74) is 2.21. The van der Waals surface area contributed by atoms with E-state index in [9.17, 15) is 14.4 Å². The van der Waals surface area contributed by atoms with Crippen LogP contribution >= 0.6 is 11.6 Å². The first-order valence-corrected chi connectivity index (χ1v) is 8.71. The molecular formula is C20H20ClNO5. The third kappa shape index (κ3) is 5.08. The zero-order valence-electron chi connectivity index (χ0n) is 15.3. The van der Waals surface area contributed by atoms with Crippen LogP contribution in [0, 0.1) is 13.8 Å². The first-order chi connectivity index (χ1) is 12.8. The van der Waals surface area contributed by atoms with Gasteiger partial charge >= 0.3 is 11.9 Å². The molecule has 0 aliphatic heterocycles. The van der Waals surface area contributed by atoms with Gasteiger partial charge in [-0.2, -0.15) is 0 Å². The van der Waals surface area contributed by atoms with Gasteiger partial charge in [0.25, 0.3) is 0 Å². The summed E-state index contributed by atoms with van der Waals surface area (Å²) in [5, 5.41) is 0.501. The number of carbonyl (C=O) groups excluding carboxylic acids is 3. The van der Waals surface area contributed by atoms with Gasteiger partial charge in [-0.25, -0.2) is 9.59 Å². The second-order valence-corrected chi connectivity index (χ2v) is 6.14. The number of benzene rings is 1. The van der Waals surface area contributed by atoms with E-state index < -0.39 is 24.3 Å². The zero-order valence-corrected chi connectivity index (χ0v) is 16.1. The number of ketones is 1. The molecule has 1 N–H and O–H groups in total. The van der Waals surface area contributed by atoms with E-state index >= 15 is 0 Å². The van der Waals surface area contributed by atoms with Crippen LogP contribution in [-0.4, -0.2) is 35.9 Å². The van der Waals surface area contributed by atoms with Crippen LogP contribution in [0.1, 0.15) is 44.6 Å². The number of esters is 2. The minimum atomic E-state index is -0.671. The third-order valence-electron chi connectivity index (χ3n) is 3.85. The number of hydrogen-bond donors (Lipinski definition) is 1. The summed E-state index contributed by atoms with van der Waals surface area (Å²) in [6.45, 7) is 4.81. The Balaban J connectivity index is 2.02. The summed E-state index contributed by atoms with van der Waals surface area (Å²) in [5.74, 6) is -1.61. The number of aromatic nitrogens is 1. The van der Waals surface area contributed by atoms with Crippen molar-refractivity contribution in [3.63, 3.8) is 0 Å². The molecule has 6 nitrogen and oxygen atoms in total. The fraction of sp³-hybridized carbons (Fsp3) is 0.250. The molecule has 0 amide bonds. The average Bonchev–Trinajstić information content (AvgIpc) is 2.93. The van der Waals surface area contributed by atoms with E-state index in [4.69, 9.17) is 21.1 Å². The number of carbonyl (C=O) groups is 3. The number of nitrogens with one attached hydrogen (secondary N) is 1. The van der Waals surface area contributed by atoms with Crippen LogP contribution in [0.2, 0.25) is 5.02 Å². The van der Waals surface area contributed by atoms with Gasteiger partial charge in [0.05, 0.1) is 17.9 Å². The summed E-state index contributed by atoms with van der Waals surface area (Å²) < 4.78 is 9.97. The number of ether oxygens (including phenoxy) is 2. The van der Waals surface area contributed by atoms with Crippen molar-refractivity contribution in [1.29, 1.82) is 0 Å². The zero-order chi connectivity index (χ0) is 20.0. The van der Waals surface area contributed by atoms with Crippen LogP contribution in [0.15, 0.2) is 30.3 Å². The van der Waals surface area contributed by atoms with Gasteiger partial charge in [0.15, 0.2) is 6.61 Å². The van der Waals surface area contributed by atoms with E-state index in [0.29, 0.717) is 27.4 Å². The van der Waals surface area contributed by atoms with E-state index in [1.54, 1.807) is 45.0 Å². The highest BCUT2D eigenvalue weighted by Crippen LogP contribution is 2.20. The van der Waals surface area contributed by atoms with Gasteiger partial charge in [0, 0.05) is 16.8 Å². The van der Waals surface area contributed by atoms with E-state index in [-0.39, 0.29) is 12.3 Å². The fourth-order valence-corrected chi connectivity index (χ4v) is 2.76. The lowest BCUT2D eigenvalue weighted by Crippen LogP contribution is -2.14. The normalized spacial score (nSPS) is 10.8. The standard InChI is InChI=1S/C20H20ClNO5/c1-4-26-20(25)18-12(2)19(22-13(18)3)16(23)11-27-17(24)10-9-14-7-5-6-8-15(14)21/h5-10,22H,4,11H2,1-3H3/b10-9+. The van der Waals surface area contributed by atoms with Crippen molar-refractivity contribution in [3.8, 4) is 0 Å². The molecule has 0 aliphatic carbocycles. The number of rotatable bonds is 7. The Hall–Kier alpha value is -2.86. The monoisotopic (exact) mass is 389 g/mol. The number of hydrogen-bond acceptors (Lipinski definition) is 5. The van der Waals surface area contributed by atoms with Crippen LogP contribution in [-0.2, 0) is 14.3 Å². The molecule has 0 bridgehead atoms. The molecule has 27 heavy (non-hydrogen) atoms. The second-order valence-electron chi connectivity index (χ2n) is 5.73. The lowest BCUT2D eigenvalue weighted by atomic mass is 10.1. The van der Waals surface area contributed by atoms with E-state index in [1.165, 1.54) is 12.2 Å². The van der Waals surface area contributed by atoms with Crippen LogP contribution in [0.3, 0.4) is 0 Å². The van der Waals surface area contributed by atoms with Gasteiger partial charge in [-0.1, -0.05) is 29.8 Å². The fourth-order valence-electron chi connectivity index (χ4n) is 2.56. The van der Waals surface area contributed by atoms with E-state index in [2.05, 4.69) is 4.98 Å². The largest absolute Gasteiger partial charge is 0.462 e. The number of halogens is 1. The van der Waals surface area contributed by atoms with Crippen molar-refractivity contribution in [2.75, 3.05) is 13.2 Å². The Labute approximate surface area is 162 Å². The lowest BCUT2D eigenvalue weighted by molar-refractivity contribution is -0.136. The van der Waals surface area contributed by atoms with Gasteiger partial charge < -0.3 is 14.5 Å². The predicted molar refractivity (Wildman–Crippen MR) is 102 cm³/mol. The third-order valence-corrected chi connectivity index (χ3v) is 4.19. The first kappa shape index (κ1) is 20.5. The highest BCUT2D eigenvalue weighted by atomic mass is 35.5. The maximum absolute atomic E-state index is 12.3. The molecule has 0 saturated carbocycles. The molecule has 0 atom stereocenters. The van der Waals surface area contributed by atoms with Crippen LogP contribution in [0.4, 0.5) is 0 Å². The summed E-state index contributed by atoms with van der Waals surface area (Å²) in [6, 6.07) is 7.02. The van der Waals surface area contributed by atoms with Gasteiger partial charge in [0.2, 0.25) is 5.78 Å². The molecule has 0 aliphatic rings. The number of Topliss-reactive ketones (excluding diaryl/α,β-unsaturated/α-hetero) is 1. The summed E-state index contributed by atoms with van der Waals surface area (Å²) in [4.78, 5) is 39.0. The average molecular weight is 390 g/mol. The minimum Gasteiger partial charge on any atom is -0.462 e. The van der Waals surface area contributed by atoms with Gasteiger partial charge in [0.1, 0.15) is 0 Å². The summed E-state index contributed by atoms with van der Waals surface area (Å²) >= 11 is 6.00. The maximum atomic E-state index is 12.3. The summed E-state index contributed by atoms with van der Waals surface area (Å²) in [7, 11) is 0. The van der Waals surface area contributed by atoms with Crippen molar-refractivity contribution in [2.24, 2.45) is 0 Å². The Kier molecular flexibility index (Phi) is 6.96. The second kappa shape index (κ2) is 9.19. The molecule has 0 fully saturated rings. The van der Waals surface area contributed by atoms with Crippen LogP contribution < -0.4 is 0 Å². The molecule has 1 heterocycles. The number of H-pyrrole nitrogens is 1. The van der Waals surface area contributed by atoms with Crippen molar-refractivity contribution >= 4 is 35.4 Å². The van der Waals surface area contributed by atoms with Gasteiger partial charge in [-0.05, 0) is 44.0 Å². The molecule has 0 unspecified atom stereocenters. The maximum Gasteiger partial charge on any atom is 0.340 e. The smallest absolute Gasteiger partial charge is 0.340 e. The molecular weight excluding hydrogens is 370 g/mol. The van der Waals surface area contributed by atoms with Crippen molar-refractivity contribution < 1.29 is 23.9 Å². The van der Waals surface area contributed by atoms with Gasteiger partial charge in [-0.3, -0.25) is 4.79 Å². The Bertz CT molecular complexity index is 898. The minimum absolute atomic E-state index is 0.221. The summed E-state index contributed by atoms with van der Waals surface area (Å²) in [6.07, 6.45) is 2.71. The topological polar surface area (TPSA) is 85.5 Å². The number of aryl methyl sites for hydroxylation is 1. The van der Waals surface area contributed by atoms with Crippen LogP contribution in [0.25, 0.3) is 6.08 Å². The lowest BCUT2D eigenvalue weighted by Gasteiger charge is -2.03. The molecule has 2 rings (SSSR count). The van der Waals surface area contributed by atoms with E-state index in [1.807, 2.05) is 0 Å². The van der Waals surface area contributed by atoms with Crippen molar-refractivity contribution in [1.82, 2.24) is 4.98 Å². The molecule has 1 aromatic carbocycles. The first-order valence-electron chi connectivity index (χ1n) is 8.34. The molecule has 7 heteroatoms. The van der Waals surface area contributed by atoms with Crippen molar-refractivity contribution in [2.45, 2.75) is 20.8 Å². The molecule has 0 saturated heterocycles. The SMILES string of the molecule is CCOC(=O)c1c(C)[nH]c(C(=O)COC(=O)/C=C/c2ccccc2Cl)c1C. The molecule has 1 aromatic heterocycles. The Morgan fingerprint density at radius 2 is 1.85 bits per heavy atom. The Morgan fingerprint density at radius 3 is 2.52 bits per heavy atom. The quantitative estimate of drug-likeness (QED) is 0.441. The van der Waals surface area contributed by atoms with E-state index in [0.717, 1.165) is 0 Å². The molecule has 0 spiro atoms. The molecule has 2 aromatic rings. The molecule has 0 radical (unpaired) electrons. The highest BCUT2D eigenvalue weighted by molar-refractivity contribution is 6.32. The van der Waals surface area contributed by atoms with Gasteiger partial charge in [-0.15, -0.1) is 0 Å². The predicted octanol–water partition coefficient (Wildman–Crippen LogP) is 3.90. The molecule has 142 valence electrons. The number of aromatic amines is 1.